The largest absolute Gasteiger partial charge is 0.288 e. The number of aromatic nitrogens is 1. The molecule has 116 valence electrons. The molecule has 0 radical (unpaired) electrons. The van der Waals surface area contributed by atoms with Crippen molar-refractivity contribution in [3.05, 3.63) is 23.8 Å². The lowest BCUT2D eigenvalue weighted by Crippen LogP contribution is -2.24. The number of thioether (sulfide) groups is 1. The molecule has 1 aliphatic rings. The maximum atomic E-state index is 13.7. The number of hydrogen-bond donors (Lipinski definition) is 0. The van der Waals surface area contributed by atoms with Gasteiger partial charge in [0, 0.05) is 31.7 Å². The number of hydrogen-bond acceptors (Lipinski definition) is 5. The number of nitrogens with zero attached hydrogens (tertiary/aromatic N) is 2. The zero-order chi connectivity index (χ0) is 15.9. The van der Waals surface area contributed by atoms with Crippen molar-refractivity contribution >= 4 is 49.5 Å². The first-order valence-electron chi connectivity index (χ1n) is 6.63. The van der Waals surface area contributed by atoms with Crippen molar-refractivity contribution in [2.75, 3.05) is 17.2 Å². The van der Waals surface area contributed by atoms with Crippen molar-refractivity contribution in [2.45, 2.75) is 13.3 Å². The molecule has 1 atom stereocenters. The van der Waals surface area contributed by atoms with Crippen LogP contribution in [0.25, 0.3) is 10.2 Å². The van der Waals surface area contributed by atoms with E-state index in [0.29, 0.717) is 28.5 Å². The van der Waals surface area contributed by atoms with Gasteiger partial charge in [0.1, 0.15) is 11.3 Å². The summed E-state index contributed by atoms with van der Waals surface area (Å²) in [7, 11) is 0. The summed E-state index contributed by atoms with van der Waals surface area (Å²) in [5.41, 5.74) is 0.0794. The summed E-state index contributed by atoms with van der Waals surface area (Å²) in [4.78, 5) is 28.7. The molecule has 1 aliphatic heterocycles. The monoisotopic (exact) mass is 342 g/mol. The van der Waals surface area contributed by atoms with Gasteiger partial charge in [-0.25, -0.2) is 13.8 Å². The standard InChI is InChI=1S/C14H12F2N2O2S2/c1-7(19)21-6-8-2-12(20)18(5-8)14-17-13-10(16)3-9(15)4-11(13)22-14/h3-4,8H,2,5-6H2,1H3. The Bertz CT molecular complexity index is 763. The van der Waals surface area contributed by atoms with Crippen LogP contribution in [0.2, 0.25) is 0 Å². The minimum absolute atomic E-state index is 0.0171. The number of rotatable bonds is 3. The Hall–Kier alpha value is -1.54. The topological polar surface area (TPSA) is 50.3 Å². The fourth-order valence-corrected chi connectivity index (χ4v) is 4.10. The van der Waals surface area contributed by atoms with Gasteiger partial charge in [-0.15, -0.1) is 0 Å². The quantitative estimate of drug-likeness (QED) is 0.859. The van der Waals surface area contributed by atoms with Crippen molar-refractivity contribution in [1.29, 1.82) is 0 Å². The highest BCUT2D eigenvalue weighted by atomic mass is 32.2. The van der Waals surface area contributed by atoms with Gasteiger partial charge in [-0.3, -0.25) is 14.5 Å². The van der Waals surface area contributed by atoms with Crippen LogP contribution < -0.4 is 4.90 Å². The molecule has 2 heterocycles. The van der Waals surface area contributed by atoms with E-state index in [1.54, 1.807) is 0 Å². The lowest BCUT2D eigenvalue weighted by atomic mass is 10.1. The molecule has 1 aromatic heterocycles. The van der Waals surface area contributed by atoms with Crippen molar-refractivity contribution in [3.63, 3.8) is 0 Å². The third kappa shape index (κ3) is 2.98. The molecule has 0 bridgehead atoms. The van der Waals surface area contributed by atoms with Crippen LogP contribution in [0.5, 0.6) is 0 Å². The van der Waals surface area contributed by atoms with Crippen LogP contribution in [0.15, 0.2) is 12.1 Å². The third-order valence-corrected chi connectivity index (χ3v) is 5.43. The van der Waals surface area contributed by atoms with Crippen LogP contribution in [-0.4, -0.2) is 28.3 Å². The lowest BCUT2D eigenvalue weighted by Gasteiger charge is -2.12. The minimum atomic E-state index is -0.729. The summed E-state index contributed by atoms with van der Waals surface area (Å²) in [5, 5.41) is 0.392. The molecule has 1 unspecified atom stereocenters. The van der Waals surface area contributed by atoms with Crippen LogP contribution in [-0.2, 0) is 9.59 Å². The molecule has 1 aromatic carbocycles. The zero-order valence-corrected chi connectivity index (χ0v) is 13.3. The van der Waals surface area contributed by atoms with Crippen LogP contribution in [0.1, 0.15) is 13.3 Å². The van der Waals surface area contributed by atoms with Gasteiger partial charge in [-0.05, 0) is 12.0 Å². The molecule has 0 aliphatic carbocycles. The molecule has 1 fully saturated rings. The van der Waals surface area contributed by atoms with E-state index >= 15 is 0 Å². The number of carbonyl (C=O) groups is 2. The van der Waals surface area contributed by atoms with E-state index in [1.165, 1.54) is 29.7 Å². The van der Waals surface area contributed by atoms with E-state index in [4.69, 9.17) is 0 Å². The molecule has 0 spiro atoms. The normalized spacial score (nSPS) is 18.4. The summed E-state index contributed by atoms with van der Waals surface area (Å²) >= 11 is 2.29. The van der Waals surface area contributed by atoms with Gasteiger partial charge in [-0.1, -0.05) is 23.1 Å². The number of fused-ring (bicyclic) bond motifs is 1. The minimum Gasteiger partial charge on any atom is -0.288 e. The average Bonchev–Trinajstić information content (AvgIpc) is 2.99. The molecule has 1 amide bonds. The first-order chi connectivity index (χ1) is 10.4. The Balaban J connectivity index is 1.83. The second kappa shape index (κ2) is 5.92. The fourth-order valence-electron chi connectivity index (χ4n) is 2.37. The lowest BCUT2D eigenvalue weighted by molar-refractivity contribution is -0.117. The number of carbonyl (C=O) groups excluding carboxylic acids is 2. The zero-order valence-electron chi connectivity index (χ0n) is 11.6. The van der Waals surface area contributed by atoms with Crippen LogP contribution in [0, 0.1) is 17.6 Å². The summed E-state index contributed by atoms with van der Waals surface area (Å²) in [6.07, 6.45) is 0.340. The van der Waals surface area contributed by atoms with E-state index in [-0.39, 0.29) is 22.5 Å². The van der Waals surface area contributed by atoms with Gasteiger partial charge in [0.15, 0.2) is 16.1 Å². The number of anilines is 1. The van der Waals surface area contributed by atoms with Gasteiger partial charge in [0.25, 0.3) is 0 Å². The highest BCUT2D eigenvalue weighted by Gasteiger charge is 2.32. The first-order valence-corrected chi connectivity index (χ1v) is 8.43. The van der Waals surface area contributed by atoms with Crippen LogP contribution in [0.4, 0.5) is 13.9 Å². The predicted octanol–water partition coefficient (Wildman–Crippen LogP) is 3.21. The molecule has 3 rings (SSSR count). The van der Waals surface area contributed by atoms with E-state index in [1.807, 2.05) is 0 Å². The van der Waals surface area contributed by atoms with Crippen LogP contribution in [0.3, 0.4) is 0 Å². The molecule has 0 saturated carbocycles. The summed E-state index contributed by atoms with van der Waals surface area (Å²) in [5.74, 6) is -0.855. The van der Waals surface area contributed by atoms with Gasteiger partial charge < -0.3 is 0 Å². The Morgan fingerprint density at radius 2 is 2.27 bits per heavy atom. The molecular weight excluding hydrogens is 330 g/mol. The Morgan fingerprint density at radius 3 is 3.00 bits per heavy atom. The van der Waals surface area contributed by atoms with E-state index in [0.717, 1.165) is 17.4 Å². The van der Waals surface area contributed by atoms with E-state index in [2.05, 4.69) is 4.98 Å². The number of amides is 1. The van der Waals surface area contributed by atoms with Gasteiger partial charge in [0.05, 0.1) is 4.70 Å². The summed E-state index contributed by atoms with van der Waals surface area (Å²) in [6, 6.07) is 1.99. The first kappa shape index (κ1) is 15.4. The number of benzene rings is 1. The van der Waals surface area contributed by atoms with Gasteiger partial charge in [0.2, 0.25) is 5.91 Å². The van der Waals surface area contributed by atoms with Gasteiger partial charge >= 0.3 is 0 Å². The predicted molar refractivity (Wildman–Crippen MR) is 83.1 cm³/mol. The molecule has 8 heteroatoms. The van der Waals surface area contributed by atoms with E-state index < -0.39 is 11.6 Å². The molecule has 1 saturated heterocycles. The Kier molecular flexibility index (Phi) is 4.14. The third-order valence-electron chi connectivity index (χ3n) is 3.36. The maximum absolute atomic E-state index is 13.7. The highest BCUT2D eigenvalue weighted by Crippen LogP contribution is 2.34. The second-order valence-electron chi connectivity index (χ2n) is 5.11. The van der Waals surface area contributed by atoms with Crippen molar-refractivity contribution < 1.29 is 18.4 Å². The van der Waals surface area contributed by atoms with Crippen LogP contribution >= 0.6 is 23.1 Å². The van der Waals surface area contributed by atoms with Crippen molar-refractivity contribution in [2.24, 2.45) is 5.92 Å². The second-order valence-corrected chi connectivity index (χ2v) is 7.31. The Morgan fingerprint density at radius 1 is 1.50 bits per heavy atom. The molecule has 0 N–H and O–H groups in total. The van der Waals surface area contributed by atoms with Crippen molar-refractivity contribution in [1.82, 2.24) is 4.98 Å². The van der Waals surface area contributed by atoms with E-state index in [9.17, 15) is 18.4 Å². The highest BCUT2D eigenvalue weighted by molar-refractivity contribution is 8.13. The summed E-state index contributed by atoms with van der Waals surface area (Å²) in [6.45, 7) is 1.94. The molecule has 4 nitrogen and oxygen atoms in total. The average molecular weight is 342 g/mol. The molecule has 2 aromatic rings. The molecule has 22 heavy (non-hydrogen) atoms. The van der Waals surface area contributed by atoms with Crippen molar-refractivity contribution in [3.8, 4) is 0 Å². The SMILES string of the molecule is CC(=O)SCC1CC(=O)N(c2nc3c(F)cc(F)cc3s2)C1. The number of thiazole rings is 1. The smallest absolute Gasteiger partial charge is 0.229 e. The van der Waals surface area contributed by atoms with Gasteiger partial charge in [-0.2, -0.15) is 0 Å². The molecular formula is C14H12F2N2O2S2. The number of halogens is 2. The Labute approximate surface area is 133 Å². The fraction of sp³-hybridized carbons (Fsp3) is 0.357. The maximum Gasteiger partial charge on any atom is 0.229 e. The summed E-state index contributed by atoms with van der Waals surface area (Å²) < 4.78 is 27.3.